The Bertz CT molecular complexity index is 646. The van der Waals surface area contributed by atoms with Crippen LogP contribution in [0.25, 0.3) is 0 Å². The largest absolute Gasteiger partial charge is 0.471 e. The number of nitrogens with one attached hydrogen (secondary N) is 1. The molecule has 1 aromatic carbocycles. The molecule has 0 spiro atoms. The second-order valence-corrected chi connectivity index (χ2v) is 6.46. The SMILES string of the molecule is Cc1ccc(CC2SC(=O)N(CCNC(=O)C(F)(F)F)C2=O)cc1. The molecule has 1 aromatic rings. The number of imide groups is 1. The standard InChI is InChI=1S/C15H15F3N2O3S/c1-9-2-4-10(5-3-9)8-11-12(21)20(14(23)24-11)7-6-19-13(22)15(16,17)18/h2-5,11H,6-8H2,1H3,(H,19,22). The van der Waals surface area contributed by atoms with E-state index in [1.54, 1.807) is 5.32 Å². The van der Waals surface area contributed by atoms with Crippen molar-refractivity contribution in [1.82, 2.24) is 10.2 Å². The van der Waals surface area contributed by atoms with Crippen LogP contribution in [0.4, 0.5) is 18.0 Å². The summed E-state index contributed by atoms with van der Waals surface area (Å²) in [5.74, 6) is -2.54. The molecule has 0 saturated carbocycles. The summed E-state index contributed by atoms with van der Waals surface area (Å²) in [5, 5.41) is 0.528. The Morgan fingerprint density at radius 3 is 2.46 bits per heavy atom. The summed E-state index contributed by atoms with van der Waals surface area (Å²) in [6.07, 6.45) is -4.62. The molecule has 130 valence electrons. The summed E-state index contributed by atoms with van der Waals surface area (Å²) < 4.78 is 36.2. The Labute approximate surface area is 140 Å². The van der Waals surface area contributed by atoms with Gasteiger partial charge in [0.05, 0.1) is 5.25 Å². The number of nitrogens with zero attached hydrogens (tertiary/aromatic N) is 1. The van der Waals surface area contributed by atoms with E-state index in [1.807, 2.05) is 31.2 Å². The van der Waals surface area contributed by atoms with Gasteiger partial charge in [-0.3, -0.25) is 19.3 Å². The van der Waals surface area contributed by atoms with Crippen LogP contribution in [0.1, 0.15) is 11.1 Å². The van der Waals surface area contributed by atoms with Gasteiger partial charge in [0, 0.05) is 13.1 Å². The lowest BCUT2D eigenvalue weighted by Gasteiger charge is -2.15. The van der Waals surface area contributed by atoms with Crippen LogP contribution in [0.2, 0.25) is 0 Å². The average Bonchev–Trinajstić information content (AvgIpc) is 2.76. The average molecular weight is 360 g/mol. The number of halogens is 3. The van der Waals surface area contributed by atoms with E-state index in [9.17, 15) is 27.6 Å². The molecule has 1 aliphatic rings. The molecule has 1 atom stereocenters. The number of carbonyl (C=O) groups is 3. The fourth-order valence-electron chi connectivity index (χ4n) is 2.15. The van der Waals surface area contributed by atoms with Gasteiger partial charge in [0.1, 0.15) is 0 Å². The maximum atomic E-state index is 12.2. The fourth-order valence-corrected chi connectivity index (χ4v) is 3.21. The number of thioether (sulfide) groups is 1. The Hall–Kier alpha value is -2.03. The topological polar surface area (TPSA) is 66.5 Å². The predicted octanol–water partition coefficient (Wildman–Crippen LogP) is 2.28. The molecular weight excluding hydrogens is 345 g/mol. The molecular formula is C15H15F3N2O3S. The first-order valence-corrected chi connectivity index (χ1v) is 7.99. The zero-order valence-electron chi connectivity index (χ0n) is 12.7. The Kier molecular flexibility index (Phi) is 5.53. The van der Waals surface area contributed by atoms with E-state index in [-0.39, 0.29) is 6.54 Å². The van der Waals surface area contributed by atoms with Gasteiger partial charge in [0.2, 0.25) is 5.91 Å². The van der Waals surface area contributed by atoms with E-state index in [0.29, 0.717) is 6.42 Å². The van der Waals surface area contributed by atoms with E-state index >= 15 is 0 Å². The van der Waals surface area contributed by atoms with Crippen LogP contribution in [-0.4, -0.2) is 46.5 Å². The number of rotatable bonds is 5. The lowest BCUT2D eigenvalue weighted by Crippen LogP contribution is -2.43. The smallest absolute Gasteiger partial charge is 0.346 e. The minimum absolute atomic E-state index is 0.281. The number of amides is 3. The van der Waals surface area contributed by atoms with Crippen molar-refractivity contribution in [3.63, 3.8) is 0 Å². The minimum atomic E-state index is -4.98. The van der Waals surface area contributed by atoms with Gasteiger partial charge in [-0.2, -0.15) is 13.2 Å². The van der Waals surface area contributed by atoms with Gasteiger partial charge >= 0.3 is 12.1 Å². The van der Waals surface area contributed by atoms with Crippen molar-refractivity contribution in [2.45, 2.75) is 24.8 Å². The lowest BCUT2D eigenvalue weighted by molar-refractivity contribution is -0.173. The summed E-state index contributed by atoms with van der Waals surface area (Å²) in [7, 11) is 0. The van der Waals surface area contributed by atoms with E-state index < -0.39 is 35.0 Å². The number of aryl methyl sites for hydroxylation is 1. The molecule has 0 bridgehead atoms. The van der Waals surface area contributed by atoms with Gasteiger partial charge in [0.25, 0.3) is 5.24 Å². The summed E-state index contributed by atoms with van der Waals surface area (Å²) in [5.41, 5.74) is 1.97. The van der Waals surface area contributed by atoms with Crippen molar-refractivity contribution in [3.8, 4) is 0 Å². The van der Waals surface area contributed by atoms with Crippen LogP contribution in [0.5, 0.6) is 0 Å². The molecule has 1 saturated heterocycles. The van der Waals surface area contributed by atoms with Gasteiger partial charge in [-0.05, 0) is 18.9 Å². The molecule has 1 heterocycles. The highest BCUT2D eigenvalue weighted by atomic mass is 32.2. The van der Waals surface area contributed by atoms with Crippen molar-refractivity contribution in [2.75, 3.05) is 13.1 Å². The fraction of sp³-hybridized carbons (Fsp3) is 0.400. The van der Waals surface area contributed by atoms with Crippen molar-refractivity contribution in [2.24, 2.45) is 0 Å². The molecule has 1 aliphatic heterocycles. The zero-order valence-corrected chi connectivity index (χ0v) is 13.5. The number of hydrogen-bond donors (Lipinski definition) is 1. The summed E-state index contributed by atoms with van der Waals surface area (Å²) in [6.45, 7) is 1.21. The molecule has 0 radical (unpaired) electrons. The van der Waals surface area contributed by atoms with Gasteiger partial charge in [0.15, 0.2) is 0 Å². The van der Waals surface area contributed by atoms with E-state index in [4.69, 9.17) is 0 Å². The highest BCUT2D eigenvalue weighted by Gasteiger charge is 2.41. The third-order valence-electron chi connectivity index (χ3n) is 3.43. The molecule has 2 rings (SSSR count). The maximum absolute atomic E-state index is 12.2. The summed E-state index contributed by atoms with van der Waals surface area (Å²) >= 11 is 0.848. The number of hydrogen-bond acceptors (Lipinski definition) is 4. The monoisotopic (exact) mass is 360 g/mol. The number of benzene rings is 1. The van der Waals surface area contributed by atoms with E-state index in [1.165, 1.54) is 0 Å². The lowest BCUT2D eigenvalue weighted by atomic mass is 10.1. The highest BCUT2D eigenvalue weighted by molar-refractivity contribution is 8.15. The molecule has 1 fully saturated rings. The van der Waals surface area contributed by atoms with Crippen LogP contribution >= 0.6 is 11.8 Å². The second kappa shape index (κ2) is 7.25. The molecule has 1 unspecified atom stereocenters. The van der Waals surface area contributed by atoms with Gasteiger partial charge in [-0.15, -0.1) is 0 Å². The molecule has 1 N–H and O–H groups in total. The first kappa shape index (κ1) is 18.3. The molecule has 0 aliphatic carbocycles. The molecule has 24 heavy (non-hydrogen) atoms. The molecule has 3 amide bonds. The van der Waals surface area contributed by atoms with Crippen molar-refractivity contribution < 1.29 is 27.6 Å². The zero-order chi connectivity index (χ0) is 17.9. The van der Waals surface area contributed by atoms with E-state index in [2.05, 4.69) is 0 Å². The Balaban J connectivity index is 1.89. The minimum Gasteiger partial charge on any atom is -0.346 e. The predicted molar refractivity (Wildman–Crippen MR) is 82.4 cm³/mol. The molecule has 0 aromatic heterocycles. The number of carbonyl (C=O) groups excluding carboxylic acids is 3. The highest BCUT2D eigenvalue weighted by Crippen LogP contribution is 2.29. The quantitative estimate of drug-likeness (QED) is 0.875. The maximum Gasteiger partial charge on any atom is 0.471 e. The Morgan fingerprint density at radius 1 is 1.25 bits per heavy atom. The molecule has 9 heteroatoms. The van der Waals surface area contributed by atoms with Crippen LogP contribution < -0.4 is 5.32 Å². The van der Waals surface area contributed by atoms with Crippen molar-refractivity contribution in [3.05, 3.63) is 35.4 Å². The second-order valence-electron chi connectivity index (χ2n) is 5.31. The van der Waals surface area contributed by atoms with Crippen molar-refractivity contribution >= 4 is 28.8 Å². The Morgan fingerprint density at radius 2 is 1.88 bits per heavy atom. The van der Waals surface area contributed by atoms with Crippen molar-refractivity contribution in [1.29, 1.82) is 0 Å². The first-order valence-electron chi connectivity index (χ1n) is 7.11. The van der Waals surface area contributed by atoms with Crippen LogP contribution in [0.15, 0.2) is 24.3 Å². The van der Waals surface area contributed by atoms with Gasteiger partial charge in [-0.25, -0.2) is 0 Å². The van der Waals surface area contributed by atoms with Gasteiger partial charge in [-0.1, -0.05) is 41.6 Å². The molecule has 5 nitrogen and oxygen atoms in total. The first-order chi connectivity index (χ1) is 11.2. The third-order valence-corrected chi connectivity index (χ3v) is 4.50. The summed E-state index contributed by atoms with van der Waals surface area (Å²) in [4.78, 5) is 35.6. The summed E-state index contributed by atoms with van der Waals surface area (Å²) in [6, 6.07) is 7.51. The normalized spacial score (nSPS) is 18.2. The van der Waals surface area contributed by atoms with Crippen LogP contribution in [0, 0.1) is 6.92 Å². The van der Waals surface area contributed by atoms with Crippen LogP contribution in [-0.2, 0) is 16.0 Å². The van der Waals surface area contributed by atoms with Gasteiger partial charge < -0.3 is 5.32 Å². The van der Waals surface area contributed by atoms with Crippen LogP contribution in [0.3, 0.4) is 0 Å². The third kappa shape index (κ3) is 4.50. The number of alkyl halides is 3. The van der Waals surface area contributed by atoms with E-state index in [0.717, 1.165) is 27.8 Å².